The molecule has 2 heterocycles. The minimum Gasteiger partial charge on any atom is -0.381 e. The molecule has 7 heteroatoms. The van der Waals surface area contributed by atoms with Gasteiger partial charge in [0.2, 0.25) is 0 Å². The van der Waals surface area contributed by atoms with Crippen molar-refractivity contribution in [3.05, 3.63) is 5.82 Å². The lowest BCUT2D eigenvalue weighted by Gasteiger charge is -2.35. The third-order valence-corrected chi connectivity index (χ3v) is 2.83. The summed E-state index contributed by atoms with van der Waals surface area (Å²) in [6.07, 6.45) is 1.65. The van der Waals surface area contributed by atoms with Crippen LogP contribution in [-0.2, 0) is 23.1 Å². The van der Waals surface area contributed by atoms with Crippen LogP contribution in [0.3, 0.4) is 0 Å². The fraction of sp³-hybridized carbons (Fsp3) is 0.889. The van der Waals surface area contributed by atoms with Crippen molar-refractivity contribution < 1.29 is 9.47 Å². The van der Waals surface area contributed by atoms with Gasteiger partial charge in [-0.15, -0.1) is 10.2 Å². The SMILES string of the molecule is Cn1nnc(COC2(CN)CCOCC2)n1. The number of nitrogens with zero attached hydrogens (tertiary/aromatic N) is 4. The van der Waals surface area contributed by atoms with E-state index in [0.717, 1.165) is 12.8 Å². The maximum absolute atomic E-state index is 5.84. The van der Waals surface area contributed by atoms with Crippen molar-refractivity contribution in [3.8, 4) is 0 Å². The van der Waals surface area contributed by atoms with Gasteiger partial charge in [0.1, 0.15) is 6.61 Å². The monoisotopic (exact) mass is 227 g/mol. The lowest BCUT2D eigenvalue weighted by Crippen LogP contribution is -2.45. The molecular formula is C9H17N5O2. The summed E-state index contributed by atoms with van der Waals surface area (Å²) in [6, 6.07) is 0. The van der Waals surface area contributed by atoms with Crippen LogP contribution in [-0.4, -0.2) is 45.6 Å². The van der Waals surface area contributed by atoms with Crippen LogP contribution in [0, 0.1) is 0 Å². The Kier molecular flexibility index (Phi) is 3.47. The van der Waals surface area contributed by atoms with Crippen molar-refractivity contribution >= 4 is 0 Å². The molecule has 0 saturated carbocycles. The van der Waals surface area contributed by atoms with Crippen LogP contribution in [0.4, 0.5) is 0 Å². The predicted molar refractivity (Wildman–Crippen MR) is 55.4 cm³/mol. The molecule has 7 nitrogen and oxygen atoms in total. The predicted octanol–water partition coefficient (Wildman–Crippen LogP) is -0.765. The van der Waals surface area contributed by atoms with Crippen molar-refractivity contribution in [2.75, 3.05) is 19.8 Å². The average Bonchev–Trinajstić information content (AvgIpc) is 2.74. The van der Waals surface area contributed by atoms with E-state index in [1.165, 1.54) is 4.80 Å². The van der Waals surface area contributed by atoms with E-state index in [0.29, 0.717) is 32.2 Å². The van der Waals surface area contributed by atoms with E-state index < -0.39 is 0 Å². The lowest BCUT2D eigenvalue weighted by molar-refractivity contribution is -0.114. The summed E-state index contributed by atoms with van der Waals surface area (Å²) in [4.78, 5) is 1.41. The first kappa shape index (κ1) is 11.4. The maximum atomic E-state index is 5.84. The molecule has 0 radical (unpaired) electrons. The van der Waals surface area contributed by atoms with Crippen LogP contribution >= 0.6 is 0 Å². The van der Waals surface area contributed by atoms with E-state index in [1.807, 2.05) is 0 Å². The van der Waals surface area contributed by atoms with E-state index in [4.69, 9.17) is 15.2 Å². The third kappa shape index (κ3) is 2.55. The summed E-state index contributed by atoms with van der Waals surface area (Å²) in [5.74, 6) is 0.585. The molecule has 90 valence electrons. The van der Waals surface area contributed by atoms with Crippen LogP contribution in [0.1, 0.15) is 18.7 Å². The fourth-order valence-corrected chi connectivity index (χ4v) is 1.75. The molecule has 1 saturated heterocycles. The van der Waals surface area contributed by atoms with E-state index >= 15 is 0 Å². The highest BCUT2D eigenvalue weighted by atomic mass is 16.5. The van der Waals surface area contributed by atoms with Crippen LogP contribution in [0.2, 0.25) is 0 Å². The van der Waals surface area contributed by atoms with E-state index in [9.17, 15) is 0 Å². The molecule has 1 aromatic heterocycles. The van der Waals surface area contributed by atoms with Gasteiger partial charge in [-0.05, 0) is 5.21 Å². The average molecular weight is 227 g/mol. The molecule has 0 bridgehead atoms. The Morgan fingerprint density at radius 2 is 2.25 bits per heavy atom. The van der Waals surface area contributed by atoms with Crippen LogP contribution < -0.4 is 5.73 Å². The smallest absolute Gasteiger partial charge is 0.200 e. The van der Waals surface area contributed by atoms with Crippen LogP contribution in [0.5, 0.6) is 0 Å². The number of hydrogen-bond acceptors (Lipinski definition) is 6. The van der Waals surface area contributed by atoms with Crippen LogP contribution in [0.25, 0.3) is 0 Å². The molecule has 0 aliphatic carbocycles. The lowest BCUT2D eigenvalue weighted by atomic mass is 9.94. The quantitative estimate of drug-likeness (QED) is 0.727. The minimum atomic E-state index is -0.280. The molecule has 0 amide bonds. The van der Waals surface area contributed by atoms with Gasteiger partial charge in [-0.2, -0.15) is 4.80 Å². The molecule has 16 heavy (non-hydrogen) atoms. The highest BCUT2D eigenvalue weighted by molar-refractivity contribution is 4.86. The Labute approximate surface area is 93.9 Å². The van der Waals surface area contributed by atoms with E-state index in [2.05, 4.69) is 15.4 Å². The zero-order valence-electron chi connectivity index (χ0n) is 9.43. The second-order valence-corrected chi connectivity index (χ2v) is 3.98. The van der Waals surface area contributed by atoms with Gasteiger partial charge in [-0.1, -0.05) is 0 Å². The molecule has 1 aromatic rings. The number of aromatic nitrogens is 4. The number of hydrogen-bond donors (Lipinski definition) is 1. The van der Waals surface area contributed by atoms with Gasteiger partial charge in [0.05, 0.1) is 12.6 Å². The van der Waals surface area contributed by atoms with Gasteiger partial charge in [0.25, 0.3) is 0 Å². The summed E-state index contributed by atoms with van der Waals surface area (Å²) < 4.78 is 11.1. The largest absolute Gasteiger partial charge is 0.381 e. The van der Waals surface area contributed by atoms with Gasteiger partial charge in [0, 0.05) is 32.6 Å². The summed E-state index contributed by atoms with van der Waals surface area (Å²) in [6.45, 7) is 2.25. The minimum absolute atomic E-state index is 0.280. The van der Waals surface area contributed by atoms with Gasteiger partial charge < -0.3 is 15.2 Å². The van der Waals surface area contributed by atoms with Crippen molar-refractivity contribution in [3.63, 3.8) is 0 Å². The number of rotatable bonds is 4. The van der Waals surface area contributed by atoms with Crippen molar-refractivity contribution in [1.82, 2.24) is 20.2 Å². The Bertz CT molecular complexity index is 334. The maximum Gasteiger partial charge on any atom is 0.200 e. The Morgan fingerprint density at radius 3 is 2.81 bits per heavy atom. The van der Waals surface area contributed by atoms with Crippen molar-refractivity contribution in [2.45, 2.75) is 25.0 Å². The number of nitrogens with two attached hydrogens (primary N) is 1. The summed E-state index contributed by atoms with van der Waals surface area (Å²) >= 11 is 0. The molecule has 1 fully saturated rings. The molecule has 0 aromatic carbocycles. The number of tetrazole rings is 1. The molecule has 2 rings (SSSR count). The molecule has 0 spiro atoms. The standard InChI is InChI=1S/C9H17N5O2/c1-14-12-8(11-13-14)6-16-9(7-10)2-4-15-5-3-9/h2-7,10H2,1H3. The Hall–Kier alpha value is -1.05. The fourth-order valence-electron chi connectivity index (χ4n) is 1.75. The first-order chi connectivity index (χ1) is 7.74. The van der Waals surface area contributed by atoms with Crippen LogP contribution in [0.15, 0.2) is 0 Å². The molecule has 2 N–H and O–H groups in total. The molecule has 0 unspecified atom stereocenters. The molecular weight excluding hydrogens is 210 g/mol. The first-order valence-electron chi connectivity index (χ1n) is 5.39. The van der Waals surface area contributed by atoms with Crippen molar-refractivity contribution in [1.29, 1.82) is 0 Å². The second-order valence-electron chi connectivity index (χ2n) is 3.98. The number of ether oxygens (including phenoxy) is 2. The highest BCUT2D eigenvalue weighted by Gasteiger charge is 2.32. The molecule has 0 atom stereocenters. The van der Waals surface area contributed by atoms with E-state index in [-0.39, 0.29) is 5.60 Å². The van der Waals surface area contributed by atoms with Gasteiger partial charge >= 0.3 is 0 Å². The normalized spacial score (nSPS) is 19.9. The zero-order valence-corrected chi connectivity index (χ0v) is 9.43. The highest BCUT2D eigenvalue weighted by Crippen LogP contribution is 2.24. The first-order valence-corrected chi connectivity index (χ1v) is 5.39. The second kappa shape index (κ2) is 4.86. The zero-order chi connectivity index (χ0) is 11.4. The Balaban J connectivity index is 1.91. The van der Waals surface area contributed by atoms with Gasteiger partial charge in [-0.3, -0.25) is 0 Å². The van der Waals surface area contributed by atoms with Gasteiger partial charge in [-0.25, -0.2) is 0 Å². The van der Waals surface area contributed by atoms with Crippen molar-refractivity contribution in [2.24, 2.45) is 12.8 Å². The number of aryl methyl sites for hydroxylation is 1. The molecule has 1 aliphatic heterocycles. The third-order valence-electron chi connectivity index (χ3n) is 2.83. The summed E-state index contributed by atoms with van der Waals surface area (Å²) in [5.41, 5.74) is 5.49. The van der Waals surface area contributed by atoms with Gasteiger partial charge in [0.15, 0.2) is 5.82 Å². The summed E-state index contributed by atoms with van der Waals surface area (Å²) in [5, 5.41) is 11.7. The van der Waals surface area contributed by atoms with E-state index in [1.54, 1.807) is 7.05 Å². The summed E-state index contributed by atoms with van der Waals surface area (Å²) in [7, 11) is 1.73. The topological polar surface area (TPSA) is 88.1 Å². The molecule has 1 aliphatic rings. The Morgan fingerprint density at radius 1 is 1.50 bits per heavy atom.